The summed E-state index contributed by atoms with van der Waals surface area (Å²) in [6.07, 6.45) is 1.39. The van der Waals surface area contributed by atoms with E-state index in [0.717, 1.165) is 55.6 Å². The van der Waals surface area contributed by atoms with Crippen LogP contribution in [0, 0.1) is 19.0 Å². The Morgan fingerprint density at radius 1 is 0.667 bits per heavy atom. The van der Waals surface area contributed by atoms with Gasteiger partial charge in [0.25, 0.3) is 0 Å². The zero-order valence-electron chi connectivity index (χ0n) is 36.1. The van der Waals surface area contributed by atoms with Gasteiger partial charge in [0.05, 0.1) is 22.4 Å². The van der Waals surface area contributed by atoms with E-state index in [1.54, 1.807) is 18.2 Å². The Kier molecular flexibility index (Phi) is 10.6. The van der Waals surface area contributed by atoms with E-state index in [-0.39, 0.29) is 25.7 Å². The van der Waals surface area contributed by atoms with Crippen molar-refractivity contribution in [2.45, 2.75) is 66.1 Å². The zero-order valence-corrected chi connectivity index (χ0v) is 35.5. The zero-order chi connectivity index (χ0) is 41.4. The summed E-state index contributed by atoms with van der Waals surface area (Å²) in [6, 6.07) is 51.9. The van der Waals surface area contributed by atoms with Gasteiger partial charge in [0, 0.05) is 41.5 Å². The Bertz CT molecular complexity index is 2870. The first kappa shape index (κ1) is 35.8. The Balaban J connectivity index is 0.000000270. The van der Waals surface area contributed by atoms with E-state index in [0.29, 0.717) is 17.8 Å². The fourth-order valence-corrected chi connectivity index (χ4v) is 7.43. The molecule has 287 valence electrons. The average Bonchev–Trinajstić information content (AvgIpc) is 3.82. The van der Waals surface area contributed by atoms with Crippen LogP contribution in [-0.2, 0) is 20.1 Å². The summed E-state index contributed by atoms with van der Waals surface area (Å²) < 4.78 is 30.7. The average molecular weight is 925 g/mol. The van der Waals surface area contributed by atoms with Gasteiger partial charge in [-0.1, -0.05) is 119 Å². The number of imidazole rings is 1. The topological polar surface area (TPSA) is 43.9 Å². The molecule has 1 radical (unpaired) electrons. The summed E-state index contributed by atoms with van der Waals surface area (Å²) in [5, 5.41) is 2.21. The van der Waals surface area contributed by atoms with Gasteiger partial charge in [0.2, 0.25) is 0 Å². The molecule has 3 aromatic heterocycles. The second-order valence-electron chi connectivity index (χ2n) is 15.3. The second kappa shape index (κ2) is 16.9. The summed E-state index contributed by atoms with van der Waals surface area (Å²) in [5.74, 6) is 1.87. The number of fused-ring (bicyclic) bond motifs is 4. The predicted octanol–water partition coefficient (Wildman–Crippen LogP) is 14.3. The first-order valence-corrected chi connectivity index (χ1v) is 19.4. The molecule has 0 amide bonds. The number of pyridine rings is 1. The summed E-state index contributed by atoms with van der Waals surface area (Å²) in [7, 11) is 0. The third-order valence-corrected chi connectivity index (χ3v) is 10.4. The first-order chi connectivity index (χ1) is 28.4. The molecule has 9 rings (SSSR count). The van der Waals surface area contributed by atoms with Crippen molar-refractivity contribution in [3.05, 3.63) is 174 Å². The molecule has 0 aliphatic heterocycles. The molecule has 0 saturated carbocycles. The van der Waals surface area contributed by atoms with E-state index >= 15 is 0 Å². The van der Waals surface area contributed by atoms with Crippen molar-refractivity contribution < 1.29 is 28.6 Å². The van der Waals surface area contributed by atoms with Gasteiger partial charge in [-0.3, -0.25) is 4.98 Å². The Labute approximate surface area is 354 Å². The van der Waals surface area contributed by atoms with Crippen LogP contribution in [0.2, 0.25) is 0 Å². The quantitative estimate of drug-likeness (QED) is 0.150. The van der Waals surface area contributed by atoms with Gasteiger partial charge >= 0.3 is 0 Å². The van der Waals surface area contributed by atoms with E-state index in [9.17, 15) is 0 Å². The molecule has 4 nitrogen and oxygen atoms in total. The van der Waals surface area contributed by atoms with Gasteiger partial charge in [-0.15, -0.1) is 54.1 Å². The second-order valence-corrected chi connectivity index (χ2v) is 15.3. The van der Waals surface area contributed by atoms with Crippen molar-refractivity contribution in [3.63, 3.8) is 0 Å². The maximum absolute atomic E-state index is 7.23. The number of benzene rings is 6. The Morgan fingerprint density at radius 3 is 2.07 bits per heavy atom. The molecule has 0 N–H and O–H groups in total. The number of para-hydroxylation sites is 2. The Morgan fingerprint density at radius 2 is 1.40 bits per heavy atom. The molecule has 0 fully saturated rings. The van der Waals surface area contributed by atoms with E-state index in [2.05, 4.69) is 154 Å². The van der Waals surface area contributed by atoms with Crippen molar-refractivity contribution >= 4 is 33.0 Å². The maximum atomic E-state index is 7.23. The fraction of sp³-hybridized carbons (Fsp3) is 0.192. The number of rotatable bonds is 7. The molecule has 0 bridgehead atoms. The standard InChI is InChI=1S/C40H37N2O.C12H10N.Ir/c1-24(2)28-19-20-30-31-15-12-16-32(39(31)43-37(30)23-28)40-41-35-17-10-11-18-36(35)42(40)38-33(25(3)4)21-29(22-34(38)26(5)6)27-13-8-7-9-14-27;1-10-7-8-12(13-9-10)11-5-3-2-4-6-11;/h7-15,17-26H,1-6H3;2-5,7-9H,1H3;/q2*-1;/i;1D3;. The van der Waals surface area contributed by atoms with Crippen LogP contribution in [0.15, 0.2) is 144 Å². The maximum Gasteiger partial charge on any atom is 0.121 e. The minimum Gasteiger partial charge on any atom is -0.501 e. The minimum atomic E-state index is -2.09. The molecule has 0 aliphatic carbocycles. The van der Waals surface area contributed by atoms with Crippen LogP contribution >= 0.6 is 0 Å². The van der Waals surface area contributed by atoms with Gasteiger partial charge in [-0.05, 0) is 94.0 Å². The molecule has 5 heteroatoms. The number of hydrogen-bond donors (Lipinski definition) is 0. The third-order valence-electron chi connectivity index (χ3n) is 10.4. The van der Waals surface area contributed by atoms with Crippen LogP contribution in [0.1, 0.15) is 85.7 Å². The van der Waals surface area contributed by atoms with Crippen molar-refractivity contribution in [1.29, 1.82) is 0 Å². The van der Waals surface area contributed by atoms with Crippen LogP contribution < -0.4 is 0 Å². The number of furan rings is 1. The van der Waals surface area contributed by atoms with Gasteiger partial charge in [-0.25, -0.2) is 0 Å². The van der Waals surface area contributed by atoms with Crippen LogP contribution in [-0.4, -0.2) is 14.5 Å². The van der Waals surface area contributed by atoms with E-state index in [1.165, 1.54) is 39.7 Å². The van der Waals surface area contributed by atoms with Crippen molar-refractivity contribution in [3.8, 4) is 39.5 Å². The van der Waals surface area contributed by atoms with E-state index in [1.807, 2.05) is 24.3 Å². The molecule has 6 aromatic carbocycles. The summed E-state index contributed by atoms with van der Waals surface area (Å²) >= 11 is 0. The van der Waals surface area contributed by atoms with E-state index < -0.39 is 6.85 Å². The molecule has 0 spiro atoms. The monoisotopic (exact) mass is 925 g/mol. The predicted molar refractivity (Wildman–Crippen MR) is 234 cm³/mol. The molecular weight excluding hydrogens is 875 g/mol. The molecule has 9 aromatic rings. The van der Waals surface area contributed by atoms with Crippen LogP contribution in [0.5, 0.6) is 0 Å². The van der Waals surface area contributed by atoms with Crippen LogP contribution in [0.4, 0.5) is 0 Å². The fourth-order valence-electron chi connectivity index (χ4n) is 7.43. The normalized spacial score (nSPS) is 12.4. The molecule has 0 unspecified atom stereocenters. The Hall–Kier alpha value is -5.61. The molecule has 0 aliphatic rings. The molecular formula is C52H47IrN3O-2. The summed E-state index contributed by atoms with van der Waals surface area (Å²) in [6.45, 7) is 11.5. The van der Waals surface area contributed by atoms with Crippen molar-refractivity contribution in [1.82, 2.24) is 14.5 Å². The van der Waals surface area contributed by atoms with Gasteiger partial charge in [0.1, 0.15) is 5.58 Å². The van der Waals surface area contributed by atoms with Crippen molar-refractivity contribution in [2.24, 2.45) is 0 Å². The number of nitrogens with zero attached hydrogens (tertiary/aromatic N) is 3. The first-order valence-electron chi connectivity index (χ1n) is 20.9. The third kappa shape index (κ3) is 7.88. The number of aryl methyl sites for hydroxylation is 1. The molecule has 3 heterocycles. The van der Waals surface area contributed by atoms with Crippen molar-refractivity contribution in [2.75, 3.05) is 0 Å². The number of aromatic nitrogens is 3. The van der Waals surface area contributed by atoms with Crippen LogP contribution in [0.3, 0.4) is 0 Å². The summed E-state index contributed by atoms with van der Waals surface area (Å²) in [5.41, 5.74) is 14.0. The largest absolute Gasteiger partial charge is 0.501 e. The van der Waals surface area contributed by atoms with Crippen LogP contribution in [0.25, 0.3) is 72.4 Å². The van der Waals surface area contributed by atoms with Gasteiger partial charge < -0.3 is 14.0 Å². The minimum absolute atomic E-state index is 0. The molecule has 57 heavy (non-hydrogen) atoms. The molecule has 0 saturated heterocycles. The molecule has 0 atom stereocenters. The SMILES string of the molecule is CC(C)c1ccc2c(c1)oc1c(-c3nc4ccccc4n3-c3c(C(C)C)cc(-c4ccccc4)cc3C(C)C)[c-]ccc12.[2H]C([2H])([2H])c1ccc(-c2[c-]cccc2)nc1.[Ir]. The smallest absolute Gasteiger partial charge is 0.121 e. The van der Waals surface area contributed by atoms with E-state index in [4.69, 9.17) is 13.5 Å². The summed E-state index contributed by atoms with van der Waals surface area (Å²) in [4.78, 5) is 9.40. The van der Waals surface area contributed by atoms with Gasteiger partial charge in [-0.2, -0.15) is 0 Å². The number of hydrogen-bond acceptors (Lipinski definition) is 3. The van der Waals surface area contributed by atoms with Gasteiger partial charge in [0.15, 0.2) is 0 Å².